The molecule has 0 bridgehead atoms. The highest BCUT2D eigenvalue weighted by molar-refractivity contribution is 7.11. The number of carbonyl (C=O) groups excluding carboxylic acids is 1. The van der Waals surface area contributed by atoms with E-state index in [0.29, 0.717) is 17.3 Å². The quantitative estimate of drug-likeness (QED) is 0.863. The maximum absolute atomic E-state index is 11.9. The Morgan fingerprint density at radius 2 is 2.37 bits per heavy atom. The monoisotopic (exact) mass is 284 g/mol. The lowest BCUT2D eigenvalue weighted by molar-refractivity contribution is 0.0499. The number of anilines is 2. The van der Waals surface area contributed by atoms with Gasteiger partial charge in [0, 0.05) is 27.2 Å². The number of nitrogen functional groups attached to an aromatic ring is 1. The van der Waals surface area contributed by atoms with Crippen LogP contribution < -0.4 is 16.0 Å². The summed E-state index contributed by atoms with van der Waals surface area (Å²) in [6.45, 7) is 3.85. The Bertz CT molecular complexity index is 463. The molecule has 2 heterocycles. The van der Waals surface area contributed by atoms with Crippen molar-refractivity contribution in [3.63, 3.8) is 0 Å². The van der Waals surface area contributed by atoms with E-state index in [2.05, 4.69) is 21.5 Å². The van der Waals surface area contributed by atoms with E-state index in [1.54, 1.807) is 14.2 Å². The molecule has 0 spiro atoms. The Kier molecular flexibility index (Phi) is 4.26. The second-order valence-electron chi connectivity index (χ2n) is 4.81. The van der Waals surface area contributed by atoms with Gasteiger partial charge in [0.15, 0.2) is 5.82 Å². The summed E-state index contributed by atoms with van der Waals surface area (Å²) >= 11 is 1.27. The minimum Gasteiger partial charge on any atom is -0.382 e. The fourth-order valence-corrected chi connectivity index (χ4v) is 3.22. The number of amides is 1. The summed E-state index contributed by atoms with van der Waals surface area (Å²) in [5.74, 6) is 0.635. The fraction of sp³-hybridized carbons (Fsp3) is 0.667. The van der Waals surface area contributed by atoms with Crippen LogP contribution in [-0.2, 0) is 4.74 Å². The molecular weight excluding hydrogens is 264 g/mol. The average molecular weight is 284 g/mol. The van der Waals surface area contributed by atoms with E-state index in [4.69, 9.17) is 10.5 Å². The summed E-state index contributed by atoms with van der Waals surface area (Å²) in [6, 6.07) is 0. The number of piperidine rings is 1. The van der Waals surface area contributed by atoms with Gasteiger partial charge in [0.2, 0.25) is 0 Å². The third-order valence-electron chi connectivity index (χ3n) is 3.63. The van der Waals surface area contributed by atoms with Crippen LogP contribution in [0.15, 0.2) is 0 Å². The zero-order chi connectivity index (χ0) is 14.0. The number of methoxy groups -OCH3 is 1. The number of hydrogen-bond donors (Lipinski definition) is 2. The first-order valence-corrected chi connectivity index (χ1v) is 7.10. The molecule has 7 heteroatoms. The third kappa shape index (κ3) is 2.66. The van der Waals surface area contributed by atoms with Crippen LogP contribution in [0.4, 0.5) is 10.8 Å². The lowest BCUT2D eigenvalue weighted by Crippen LogP contribution is -2.44. The van der Waals surface area contributed by atoms with Gasteiger partial charge in [-0.25, -0.2) is 0 Å². The lowest BCUT2D eigenvalue weighted by Gasteiger charge is -2.36. The molecule has 1 aliphatic rings. The highest BCUT2D eigenvalue weighted by Crippen LogP contribution is 2.33. The van der Waals surface area contributed by atoms with Crippen molar-refractivity contribution in [1.82, 2.24) is 9.69 Å². The van der Waals surface area contributed by atoms with E-state index in [-0.39, 0.29) is 12.0 Å². The molecule has 1 fully saturated rings. The minimum atomic E-state index is -0.186. The molecule has 0 radical (unpaired) electrons. The number of ether oxygens (including phenoxy) is 1. The first-order chi connectivity index (χ1) is 9.08. The van der Waals surface area contributed by atoms with Crippen molar-refractivity contribution in [2.24, 2.45) is 5.92 Å². The van der Waals surface area contributed by atoms with Gasteiger partial charge in [-0.05, 0) is 23.9 Å². The van der Waals surface area contributed by atoms with Crippen LogP contribution in [0.2, 0.25) is 0 Å². The number of hydrogen-bond acceptors (Lipinski definition) is 6. The topological polar surface area (TPSA) is 80.5 Å². The summed E-state index contributed by atoms with van der Waals surface area (Å²) < 4.78 is 9.61. The number of nitrogens with zero attached hydrogens (tertiary/aromatic N) is 2. The number of nitrogens with two attached hydrogens (primary N) is 1. The summed E-state index contributed by atoms with van der Waals surface area (Å²) in [7, 11) is 3.32. The van der Waals surface area contributed by atoms with Crippen LogP contribution in [0, 0.1) is 5.92 Å². The number of nitrogens with one attached hydrogen (secondary N) is 1. The van der Waals surface area contributed by atoms with Crippen LogP contribution in [-0.4, -0.2) is 43.6 Å². The van der Waals surface area contributed by atoms with Crippen molar-refractivity contribution in [1.29, 1.82) is 0 Å². The summed E-state index contributed by atoms with van der Waals surface area (Å²) in [5.41, 5.74) is 6.28. The molecule has 106 valence electrons. The Hall–Kier alpha value is -1.34. The van der Waals surface area contributed by atoms with Gasteiger partial charge in [0.05, 0.1) is 6.10 Å². The van der Waals surface area contributed by atoms with Crippen molar-refractivity contribution >= 4 is 28.3 Å². The van der Waals surface area contributed by atoms with Gasteiger partial charge < -0.3 is 20.7 Å². The predicted molar refractivity (Wildman–Crippen MR) is 76.7 cm³/mol. The molecule has 1 amide bonds. The summed E-state index contributed by atoms with van der Waals surface area (Å²) in [4.78, 5) is 14.0. The molecule has 2 atom stereocenters. The minimum absolute atomic E-state index is 0.176. The van der Waals surface area contributed by atoms with Crippen molar-refractivity contribution in [2.75, 3.05) is 37.9 Å². The molecule has 0 aromatic carbocycles. The molecule has 1 aliphatic heterocycles. The molecule has 19 heavy (non-hydrogen) atoms. The van der Waals surface area contributed by atoms with E-state index in [0.717, 1.165) is 24.5 Å². The standard InChI is InChI=1S/C12H20N4O2S/c1-7-4-5-16(6-8(7)18-3)12-9(11(17)14-2)10(13)15-19-12/h7-8H,4-6H2,1-3H3,(H2,13,15)(H,14,17). The number of rotatable bonds is 3. The molecule has 0 saturated carbocycles. The van der Waals surface area contributed by atoms with Crippen molar-refractivity contribution < 1.29 is 9.53 Å². The molecule has 1 aromatic rings. The van der Waals surface area contributed by atoms with Crippen molar-refractivity contribution in [3.8, 4) is 0 Å². The van der Waals surface area contributed by atoms with Gasteiger partial charge in [-0.2, -0.15) is 4.37 Å². The van der Waals surface area contributed by atoms with Gasteiger partial charge in [0.1, 0.15) is 10.6 Å². The Balaban J connectivity index is 2.25. The molecule has 2 rings (SSSR count). The summed E-state index contributed by atoms with van der Waals surface area (Å²) in [5, 5.41) is 3.45. The number of aromatic nitrogens is 1. The van der Waals surface area contributed by atoms with Crippen molar-refractivity contribution in [3.05, 3.63) is 5.56 Å². The first kappa shape index (κ1) is 14.1. The Morgan fingerprint density at radius 1 is 1.63 bits per heavy atom. The van der Waals surface area contributed by atoms with E-state index in [1.165, 1.54) is 11.5 Å². The fourth-order valence-electron chi connectivity index (χ4n) is 2.37. The second kappa shape index (κ2) is 5.75. The SMILES string of the molecule is CNC(=O)c1c(N)nsc1N1CCC(C)C(OC)C1. The van der Waals surface area contributed by atoms with E-state index < -0.39 is 0 Å². The molecule has 0 aliphatic carbocycles. The normalized spacial score (nSPS) is 23.4. The lowest BCUT2D eigenvalue weighted by atomic mass is 9.96. The van der Waals surface area contributed by atoms with E-state index >= 15 is 0 Å². The van der Waals surface area contributed by atoms with Gasteiger partial charge in [-0.15, -0.1) is 0 Å². The molecule has 3 N–H and O–H groups in total. The molecule has 6 nitrogen and oxygen atoms in total. The second-order valence-corrected chi connectivity index (χ2v) is 5.57. The van der Waals surface area contributed by atoms with Gasteiger partial charge >= 0.3 is 0 Å². The van der Waals surface area contributed by atoms with E-state index in [1.807, 2.05) is 0 Å². The van der Waals surface area contributed by atoms with Crippen LogP contribution in [0.5, 0.6) is 0 Å². The summed E-state index contributed by atoms with van der Waals surface area (Å²) in [6.07, 6.45) is 1.21. The zero-order valence-corrected chi connectivity index (χ0v) is 12.3. The molecule has 2 unspecified atom stereocenters. The maximum Gasteiger partial charge on any atom is 0.257 e. The average Bonchev–Trinajstić information content (AvgIpc) is 2.80. The maximum atomic E-state index is 11.9. The highest BCUT2D eigenvalue weighted by atomic mass is 32.1. The largest absolute Gasteiger partial charge is 0.382 e. The van der Waals surface area contributed by atoms with Crippen molar-refractivity contribution in [2.45, 2.75) is 19.4 Å². The highest BCUT2D eigenvalue weighted by Gasteiger charge is 2.30. The number of carbonyl (C=O) groups is 1. The predicted octanol–water partition coefficient (Wildman–Crippen LogP) is 0.946. The van der Waals surface area contributed by atoms with Crippen LogP contribution >= 0.6 is 11.5 Å². The van der Waals surface area contributed by atoms with Gasteiger partial charge in [0.25, 0.3) is 5.91 Å². The molecule has 1 saturated heterocycles. The van der Waals surface area contributed by atoms with Gasteiger partial charge in [-0.3, -0.25) is 4.79 Å². The molecular formula is C12H20N4O2S. The Morgan fingerprint density at radius 3 is 3.00 bits per heavy atom. The third-order valence-corrected chi connectivity index (χ3v) is 4.56. The molecule has 1 aromatic heterocycles. The zero-order valence-electron chi connectivity index (χ0n) is 11.5. The first-order valence-electron chi connectivity index (χ1n) is 6.33. The van der Waals surface area contributed by atoms with Crippen LogP contribution in [0.25, 0.3) is 0 Å². The van der Waals surface area contributed by atoms with Gasteiger partial charge in [-0.1, -0.05) is 6.92 Å². The smallest absolute Gasteiger partial charge is 0.257 e. The van der Waals surface area contributed by atoms with Crippen LogP contribution in [0.3, 0.4) is 0 Å². The van der Waals surface area contributed by atoms with Crippen LogP contribution in [0.1, 0.15) is 23.7 Å². The van der Waals surface area contributed by atoms with E-state index in [9.17, 15) is 4.79 Å². The Labute approximate surface area is 117 Å².